The van der Waals surface area contributed by atoms with Gasteiger partial charge < -0.3 is 14.4 Å². The number of hydrogen-bond donors (Lipinski definition) is 1. The third-order valence-corrected chi connectivity index (χ3v) is 4.24. The molecule has 0 saturated carbocycles. The summed E-state index contributed by atoms with van der Waals surface area (Å²) in [5.41, 5.74) is -0.200. The van der Waals surface area contributed by atoms with E-state index >= 15 is 0 Å². The number of carbonyl (C=O) groups is 1. The number of aromatic nitrogens is 2. The van der Waals surface area contributed by atoms with Crippen molar-refractivity contribution in [1.29, 1.82) is 0 Å². The molecule has 1 N–H and O–H groups in total. The van der Waals surface area contributed by atoms with Gasteiger partial charge in [0.2, 0.25) is 5.89 Å². The Hall–Kier alpha value is -1.43. The Morgan fingerprint density at radius 3 is 2.86 bits per heavy atom. The van der Waals surface area contributed by atoms with Gasteiger partial charge in [0.05, 0.1) is 6.61 Å². The Balaban J connectivity index is 2.08. The Morgan fingerprint density at radius 2 is 2.23 bits per heavy atom. The fourth-order valence-corrected chi connectivity index (χ4v) is 3.40. The van der Waals surface area contributed by atoms with E-state index in [1.807, 2.05) is 6.92 Å². The van der Waals surface area contributed by atoms with Crippen LogP contribution in [0.15, 0.2) is 4.42 Å². The molecule has 1 aliphatic heterocycles. The van der Waals surface area contributed by atoms with Crippen molar-refractivity contribution in [2.45, 2.75) is 52.9 Å². The van der Waals surface area contributed by atoms with Gasteiger partial charge in [0.1, 0.15) is 0 Å². The van der Waals surface area contributed by atoms with Gasteiger partial charge >= 0.3 is 11.8 Å². The second-order valence-electron chi connectivity index (χ2n) is 6.84. The lowest BCUT2D eigenvalue weighted by molar-refractivity contribution is 0.0140. The van der Waals surface area contributed by atoms with Gasteiger partial charge in [-0.25, -0.2) is 0 Å². The number of aryl methyl sites for hydroxylation is 1. The van der Waals surface area contributed by atoms with Gasteiger partial charge in [-0.15, -0.1) is 10.2 Å². The molecular weight excluding hydrogens is 282 g/mol. The van der Waals surface area contributed by atoms with E-state index in [1.165, 1.54) is 0 Å². The normalized spacial score (nSPS) is 22.3. The van der Waals surface area contributed by atoms with Gasteiger partial charge in [0, 0.05) is 24.9 Å². The van der Waals surface area contributed by atoms with Crippen molar-refractivity contribution in [2.75, 3.05) is 19.7 Å². The number of aliphatic hydroxyl groups is 1. The standard InChI is InChI=1S/C16H27N3O3/c1-4-6-13-17-18-14(22-13)15(21)19-8-5-7-16(10-19,11-20)9-12(2)3/h12,20H,4-11H2,1-3H3. The summed E-state index contributed by atoms with van der Waals surface area (Å²) >= 11 is 0. The molecule has 6 nitrogen and oxygen atoms in total. The average Bonchev–Trinajstić information content (AvgIpc) is 2.95. The predicted octanol–water partition coefficient (Wildman–Crippen LogP) is 2.28. The smallest absolute Gasteiger partial charge is 0.311 e. The third-order valence-electron chi connectivity index (χ3n) is 4.24. The van der Waals surface area contributed by atoms with Gasteiger partial charge in [0.25, 0.3) is 0 Å². The first kappa shape index (κ1) is 16.9. The Bertz CT molecular complexity index is 501. The highest BCUT2D eigenvalue weighted by atomic mass is 16.4. The quantitative estimate of drug-likeness (QED) is 0.872. The van der Waals surface area contributed by atoms with E-state index < -0.39 is 0 Å². The Labute approximate surface area is 131 Å². The van der Waals surface area contributed by atoms with Crippen LogP contribution in [0.1, 0.15) is 63.0 Å². The number of rotatable bonds is 6. The summed E-state index contributed by atoms with van der Waals surface area (Å²) < 4.78 is 5.45. The minimum atomic E-state index is -0.212. The van der Waals surface area contributed by atoms with Gasteiger partial charge in [-0.1, -0.05) is 20.8 Å². The van der Waals surface area contributed by atoms with Crippen molar-refractivity contribution < 1.29 is 14.3 Å². The van der Waals surface area contributed by atoms with E-state index in [0.717, 1.165) is 25.7 Å². The monoisotopic (exact) mass is 309 g/mol. The number of likely N-dealkylation sites (tertiary alicyclic amines) is 1. The molecule has 1 amide bonds. The second-order valence-corrected chi connectivity index (χ2v) is 6.84. The van der Waals surface area contributed by atoms with Crippen molar-refractivity contribution >= 4 is 5.91 Å². The topological polar surface area (TPSA) is 79.5 Å². The minimum Gasteiger partial charge on any atom is -0.417 e. The first-order valence-electron chi connectivity index (χ1n) is 8.22. The molecule has 22 heavy (non-hydrogen) atoms. The largest absolute Gasteiger partial charge is 0.417 e. The summed E-state index contributed by atoms with van der Waals surface area (Å²) in [4.78, 5) is 14.3. The molecule has 6 heteroatoms. The number of piperidine rings is 1. The van der Waals surface area contributed by atoms with Crippen molar-refractivity contribution in [1.82, 2.24) is 15.1 Å². The minimum absolute atomic E-state index is 0.0711. The molecule has 0 spiro atoms. The maximum absolute atomic E-state index is 12.6. The van der Waals surface area contributed by atoms with Crippen LogP contribution in [0.25, 0.3) is 0 Å². The lowest BCUT2D eigenvalue weighted by Crippen LogP contribution is -2.48. The number of nitrogens with zero attached hydrogens (tertiary/aromatic N) is 3. The molecule has 1 atom stereocenters. The maximum atomic E-state index is 12.6. The lowest BCUT2D eigenvalue weighted by atomic mass is 9.74. The molecule has 0 aliphatic carbocycles. The summed E-state index contributed by atoms with van der Waals surface area (Å²) in [6, 6.07) is 0. The number of aliphatic hydroxyl groups excluding tert-OH is 1. The molecule has 2 heterocycles. The van der Waals surface area contributed by atoms with E-state index in [4.69, 9.17) is 4.42 Å². The maximum Gasteiger partial charge on any atom is 0.311 e. The van der Waals surface area contributed by atoms with Crippen molar-refractivity contribution in [3.63, 3.8) is 0 Å². The molecule has 1 aliphatic rings. The van der Waals surface area contributed by atoms with Crippen LogP contribution in [0.5, 0.6) is 0 Å². The zero-order chi connectivity index (χ0) is 16.2. The predicted molar refractivity (Wildman–Crippen MR) is 82.4 cm³/mol. The van der Waals surface area contributed by atoms with Crippen LogP contribution in [0.3, 0.4) is 0 Å². The molecule has 0 bridgehead atoms. The molecule has 1 unspecified atom stereocenters. The summed E-state index contributed by atoms with van der Waals surface area (Å²) in [5, 5.41) is 17.6. The highest BCUT2D eigenvalue weighted by Crippen LogP contribution is 2.36. The fraction of sp³-hybridized carbons (Fsp3) is 0.812. The van der Waals surface area contributed by atoms with Crippen molar-refractivity contribution in [3.8, 4) is 0 Å². The number of amides is 1. The third kappa shape index (κ3) is 3.85. The average molecular weight is 309 g/mol. The molecule has 0 aromatic carbocycles. The summed E-state index contributed by atoms with van der Waals surface area (Å²) in [6.07, 6.45) is 4.36. The molecule has 1 saturated heterocycles. The fourth-order valence-electron chi connectivity index (χ4n) is 3.40. The van der Waals surface area contributed by atoms with Crippen molar-refractivity contribution in [3.05, 3.63) is 11.8 Å². The Kier molecular flexibility index (Phi) is 5.56. The number of carbonyl (C=O) groups excluding carboxylic acids is 1. The van der Waals surface area contributed by atoms with E-state index in [-0.39, 0.29) is 23.8 Å². The van der Waals surface area contributed by atoms with Gasteiger partial charge in [0.15, 0.2) is 0 Å². The zero-order valence-electron chi connectivity index (χ0n) is 13.8. The first-order valence-corrected chi connectivity index (χ1v) is 8.22. The summed E-state index contributed by atoms with van der Waals surface area (Å²) in [5.74, 6) is 0.859. The van der Waals surface area contributed by atoms with Crippen LogP contribution in [0, 0.1) is 11.3 Å². The van der Waals surface area contributed by atoms with Gasteiger partial charge in [-0.2, -0.15) is 0 Å². The zero-order valence-corrected chi connectivity index (χ0v) is 13.8. The van der Waals surface area contributed by atoms with Crippen LogP contribution >= 0.6 is 0 Å². The van der Waals surface area contributed by atoms with E-state index in [0.29, 0.717) is 31.3 Å². The first-order chi connectivity index (χ1) is 10.5. The molecule has 1 aromatic heterocycles. The highest BCUT2D eigenvalue weighted by molar-refractivity contribution is 5.89. The van der Waals surface area contributed by atoms with Crippen LogP contribution in [-0.4, -0.2) is 45.8 Å². The molecule has 1 fully saturated rings. The highest BCUT2D eigenvalue weighted by Gasteiger charge is 2.38. The molecular formula is C16H27N3O3. The molecule has 2 rings (SSSR count). The lowest BCUT2D eigenvalue weighted by Gasteiger charge is -2.42. The molecule has 0 radical (unpaired) electrons. The van der Waals surface area contributed by atoms with Crippen LogP contribution in [0.2, 0.25) is 0 Å². The van der Waals surface area contributed by atoms with Gasteiger partial charge in [-0.05, 0) is 31.6 Å². The van der Waals surface area contributed by atoms with Crippen LogP contribution < -0.4 is 0 Å². The van der Waals surface area contributed by atoms with Gasteiger partial charge in [-0.3, -0.25) is 4.79 Å². The number of hydrogen-bond acceptors (Lipinski definition) is 5. The van der Waals surface area contributed by atoms with Crippen LogP contribution in [-0.2, 0) is 6.42 Å². The second kappa shape index (κ2) is 7.22. The van der Waals surface area contributed by atoms with Crippen LogP contribution in [0.4, 0.5) is 0 Å². The molecule has 1 aromatic rings. The molecule has 124 valence electrons. The SMILES string of the molecule is CCCc1nnc(C(=O)N2CCCC(CO)(CC(C)C)C2)o1. The van der Waals surface area contributed by atoms with E-state index in [9.17, 15) is 9.90 Å². The van der Waals surface area contributed by atoms with Crippen molar-refractivity contribution in [2.24, 2.45) is 11.3 Å². The summed E-state index contributed by atoms with van der Waals surface area (Å²) in [6.45, 7) is 7.67. The van der Waals surface area contributed by atoms with E-state index in [2.05, 4.69) is 24.0 Å². The van der Waals surface area contributed by atoms with E-state index in [1.54, 1.807) is 4.90 Å². The Morgan fingerprint density at radius 1 is 1.45 bits per heavy atom. The summed E-state index contributed by atoms with van der Waals surface area (Å²) in [7, 11) is 0.